The largest absolute Gasteiger partial charge is 0.356 e. The second kappa shape index (κ2) is 6.92. The Balaban J connectivity index is 2.43. The Labute approximate surface area is 105 Å². The Kier molecular flexibility index (Phi) is 5.53. The SMILES string of the molecule is CCCN1CCN(CCC(=O)ONN)C(=O)C1=O. The first-order valence-electron chi connectivity index (χ1n) is 5.83. The monoisotopic (exact) mass is 258 g/mol. The first-order valence-corrected chi connectivity index (χ1v) is 5.83. The number of carbonyl (C=O) groups is 3. The zero-order valence-electron chi connectivity index (χ0n) is 10.3. The fourth-order valence-corrected chi connectivity index (χ4v) is 1.75. The van der Waals surface area contributed by atoms with Crippen molar-refractivity contribution in [2.45, 2.75) is 19.8 Å². The van der Waals surface area contributed by atoms with Gasteiger partial charge in [-0.2, -0.15) is 0 Å². The summed E-state index contributed by atoms with van der Waals surface area (Å²) in [5, 5.41) is 0. The van der Waals surface area contributed by atoms with E-state index in [9.17, 15) is 14.4 Å². The summed E-state index contributed by atoms with van der Waals surface area (Å²) in [6.07, 6.45) is 0.810. The normalized spacial score (nSPS) is 16.1. The van der Waals surface area contributed by atoms with Crippen LogP contribution in [0.1, 0.15) is 19.8 Å². The van der Waals surface area contributed by atoms with Gasteiger partial charge >= 0.3 is 17.8 Å². The third-order valence-corrected chi connectivity index (χ3v) is 2.65. The van der Waals surface area contributed by atoms with Gasteiger partial charge in [-0.1, -0.05) is 12.5 Å². The molecule has 1 aliphatic rings. The molecule has 0 spiro atoms. The number of hydrazine groups is 1. The third kappa shape index (κ3) is 3.67. The molecule has 102 valence electrons. The molecule has 8 nitrogen and oxygen atoms in total. The number of hydrogen-bond acceptors (Lipinski definition) is 6. The zero-order chi connectivity index (χ0) is 13.5. The lowest BCUT2D eigenvalue weighted by Gasteiger charge is -2.33. The average Bonchev–Trinajstić information content (AvgIpc) is 2.35. The van der Waals surface area contributed by atoms with Gasteiger partial charge in [-0.15, -0.1) is 0 Å². The zero-order valence-corrected chi connectivity index (χ0v) is 10.3. The first-order chi connectivity index (χ1) is 8.60. The van der Waals surface area contributed by atoms with E-state index < -0.39 is 17.8 Å². The summed E-state index contributed by atoms with van der Waals surface area (Å²) in [6, 6.07) is 0. The molecule has 1 saturated heterocycles. The van der Waals surface area contributed by atoms with Crippen molar-refractivity contribution in [1.82, 2.24) is 15.4 Å². The van der Waals surface area contributed by atoms with Crippen LogP contribution in [0.15, 0.2) is 0 Å². The van der Waals surface area contributed by atoms with Crippen LogP contribution in [0.25, 0.3) is 0 Å². The van der Waals surface area contributed by atoms with Crippen molar-refractivity contribution in [3.05, 3.63) is 0 Å². The molecule has 1 rings (SSSR count). The molecule has 1 aliphatic heterocycles. The van der Waals surface area contributed by atoms with Gasteiger partial charge in [-0.3, -0.25) is 14.4 Å². The fourth-order valence-electron chi connectivity index (χ4n) is 1.75. The van der Waals surface area contributed by atoms with Crippen LogP contribution in [-0.4, -0.2) is 53.8 Å². The number of carbonyl (C=O) groups excluding carboxylic acids is 3. The van der Waals surface area contributed by atoms with Gasteiger partial charge in [0.1, 0.15) is 0 Å². The van der Waals surface area contributed by atoms with Gasteiger partial charge < -0.3 is 14.6 Å². The van der Waals surface area contributed by atoms with Crippen LogP contribution in [0, 0.1) is 0 Å². The lowest BCUT2D eigenvalue weighted by molar-refractivity contribution is -0.158. The molecule has 8 heteroatoms. The molecule has 0 aromatic rings. The molecular weight excluding hydrogens is 240 g/mol. The maximum atomic E-state index is 11.7. The van der Waals surface area contributed by atoms with Crippen molar-refractivity contribution in [2.24, 2.45) is 5.84 Å². The minimum absolute atomic E-state index is 0.00298. The first kappa shape index (κ1) is 14.4. The quantitative estimate of drug-likeness (QED) is 0.337. The fraction of sp³-hybridized carbons (Fsp3) is 0.700. The van der Waals surface area contributed by atoms with Gasteiger partial charge in [-0.05, 0) is 6.42 Å². The highest BCUT2D eigenvalue weighted by atomic mass is 16.7. The Hall–Kier alpha value is -1.67. The summed E-state index contributed by atoms with van der Waals surface area (Å²) in [6.45, 7) is 3.62. The lowest BCUT2D eigenvalue weighted by Crippen LogP contribution is -2.54. The number of rotatable bonds is 6. The number of nitrogens with two attached hydrogens (primary N) is 1. The van der Waals surface area contributed by atoms with E-state index in [0.29, 0.717) is 19.6 Å². The smallest absolute Gasteiger partial charge is 0.328 e. The van der Waals surface area contributed by atoms with Crippen LogP contribution in [0.4, 0.5) is 0 Å². The predicted octanol–water partition coefficient (Wildman–Crippen LogP) is -1.62. The van der Waals surface area contributed by atoms with Crippen molar-refractivity contribution < 1.29 is 19.2 Å². The summed E-state index contributed by atoms with van der Waals surface area (Å²) >= 11 is 0. The molecule has 0 unspecified atom stereocenters. The van der Waals surface area contributed by atoms with Gasteiger partial charge in [0.05, 0.1) is 6.42 Å². The van der Waals surface area contributed by atoms with Gasteiger partial charge in [-0.25, -0.2) is 5.84 Å². The number of piperazine rings is 1. The number of nitrogens with one attached hydrogen (secondary N) is 1. The molecule has 0 saturated carbocycles. The van der Waals surface area contributed by atoms with Gasteiger partial charge in [0, 0.05) is 26.2 Å². The molecule has 1 fully saturated rings. The van der Waals surface area contributed by atoms with Crippen molar-refractivity contribution in [1.29, 1.82) is 0 Å². The van der Waals surface area contributed by atoms with E-state index in [1.54, 1.807) is 5.59 Å². The topological polar surface area (TPSA) is 105 Å². The molecule has 18 heavy (non-hydrogen) atoms. The minimum atomic E-state index is -0.575. The number of amides is 2. The van der Waals surface area contributed by atoms with Crippen LogP contribution in [-0.2, 0) is 19.2 Å². The molecule has 0 atom stereocenters. The number of hydrogen-bond donors (Lipinski definition) is 2. The Bertz CT molecular complexity index is 334. The van der Waals surface area contributed by atoms with E-state index >= 15 is 0 Å². The molecule has 0 aliphatic carbocycles. The second-order valence-electron chi connectivity index (χ2n) is 3.93. The molecule has 1 heterocycles. The molecule has 0 bridgehead atoms. The van der Waals surface area contributed by atoms with Crippen molar-refractivity contribution in [3.63, 3.8) is 0 Å². The lowest BCUT2D eigenvalue weighted by atomic mass is 10.2. The highest BCUT2D eigenvalue weighted by molar-refractivity contribution is 6.35. The summed E-state index contributed by atoms with van der Waals surface area (Å²) in [7, 11) is 0. The predicted molar refractivity (Wildman–Crippen MR) is 61.5 cm³/mol. The highest BCUT2D eigenvalue weighted by Crippen LogP contribution is 2.06. The van der Waals surface area contributed by atoms with Gasteiger partial charge in [0.2, 0.25) is 0 Å². The van der Waals surface area contributed by atoms with E-state index in [4.69, 9.17) is 5.84 Å². The molecule has 0 aromatic heterocycles. The van der Waals surface area contributed by atoms with Crippen molar-refractivity contribution >= 4 is 17.8 Å². The molecule has 2 amide bonds. The van der Waals surface area contributed by atoms with Crippen molar-refractivity contribution in [3.8, 4) is 0 Å². The number of nitrogens with zero attached hydrogens (tertiary/aromatic N) is 2. The Morgan fingerprint density at radius 2 is 1.83 bits per heavy atom. The summed E-state index contributed by atoms with van der Waals surface area (Å²) in [4.78, 5) is 41.6. The van der Waals surface area contributed by atoms with Gasteiger partial charge in [0.15, 0.2) is 0 Å². The van der Waals surface area contributed by atoms with E-state index in [1.165, 1.54) is 9.80 Å². The van der Waals surface area contributed by atoms with Crippen LogP contribution < -0.4 is 11.4 Å². The maximum absolute atomic E-state index is 11.7. The molecule has 3 N–H and O–H groups in total. The van der Waals surface area contributed by atoms with Crippen LogP contribution in [0.2, 0.25) is 0 Å². The van der Waals surface area contributed by atoms with Crippen LogP contribution in [0.3, 0.4) is 0 Å². The average molecular weight is 258 g/mol. The van der Waals surface area contributed by atoms with Gasteiger partial charge in [0.25, 0.3) is 0 Å². The third-order valence-electron chi connectivity index (χ3n) is 2.65. The summed E-state index contributed by atoms with van der Waals surface area (Å²) in [5.74, 6) is 3.16. The maximum Gasteiger partial charge on any atom is 0.328 e. The summed E-state index contributed by atoms with van der Waals surface area (Å²) < 4.78 is 0. The molecular formula is C10H18N4O4. The van der Waals surface area contributed by atoms with Crippen LogP contribution >= 0.6 is 0 Å². The van der Waals surface area contributed by atoms with E-state index in [1.807, 2.05) is 6.92 Å². The molecule has 0 radical (unpaired) electrons. The Morgan fingerprint density at radius 1 is 1.28 bits per heavy atom. The van der Waals surface area contributed by atoms with E-state index in [2.05, 4.69) is 4.84 Å². The van der Waals surface area contributed by atoms with Crippen molar-refractivity contribution in [2.75, 3.05) is 26.2 Å². The standard InChI is InChI=1S/C10H18N4O4/c1-2-4-13-6-7-14(10(17)9(13)16)5-3-8(15)18-12-11/h12H,2-7,11H2,1H3. The highest BCUT2D eigenvalue weighted by Gasteiger charge is 2.31. The van der Waals surface area contributed by atoms with Crippen LogP contribution in [0.5, 0.6) is 0 Å². The Morgan fingerprint density at radius 3 is 2.33 bits per heavy atom. The second-order valence-corrected chi connectivity index (χ2v) is 3.93. The minimum Gasteiger partial charge on any atom is -0.356 e. The molecule has 0 aromatic carbocycles. The van der Waals surface area contributed by atoms with E-state index in [-0.39, 0.29) is 13.0 Å². The van der Waals surface area contributed by atoms with E-state index in [0.717, 1.165) is 6.42 Å². The summed E-state index contributed by atoms with van der Waals surface area (Å²) in [5.41, 5.74) is 1.77.